The van der Waals surface area contributed by atoms with Crippen molar-refractivity contribution in [1.82, 2.24) is 5.32 Å². The van der Waals surface area contributed by atoms with Crippen molar-refractivity contribution >= 4 is 11.9 Å². The van der Waals surface area contributed by atoms with Crippen LogP contribution in [0.2, 0.25) is 0 Å². The fourth-order valence-corrected chi connectivity index (χ4v) is 1.94. The van der Waals surface area contributed by atoms with Gasteiger partial charge in [-0.25, -0.2) is 9.18 Å². The van der Waals surface area contributed by atoms with Crippen LogP contribution in [0.4, 0.5) is 4.39 Å². The molecule has 0 aliphatic carbocycles. The molecule has 0 bridgehead atoms. The minimum absolute atomic E-state index is 0.164. The average molecular weight is 311 g/mol. The Hall–Kier alpha value is -2.11. The summed E-state index contributed by atoms with van der Waals surface area (Å²) in [6, 6.07) is 4.90. The summed E-state index contributed by atoms with van der Waals surface area (Å²) in [7, 11) is 0. The van der Waals surface area contributed by atoms with Crippen LogP contribution >= 0.6 is 0 Å². The van der Waals surface area contributed by atoms with Crippen LogP contribution in [0.1, 0.15) is 33.1 Å². The number of carboxylic acid groups (broad SMARTS) is 1. The van der Waals surface area contributed by atoms with Gasteiger partial charge in [0.2, 0.25) is 5.91 Å². The van der Waals surface area contributed by atoms with Crippen molar-refractivity contribution < 1.29 is 23.8 Å². The normalized spacial score (nSPS) is 12.0. The number of rotatable bonds is 9. The van der Waals surface area contributed by atoms with E-state index < -0.39 is 12.0 Å². The van der Waals surface area contributed by atoms with Gasteiger partial charge >= 0.3 is 5.97 Å². The van der Waals surface area contributed by atoms with Crippen molar-refractivity contribution in [2.45, 2.75) is 39.2 Å². The number of hydrogen-bond acceptors (Lipinski definition) is 3. The van der Waals surface area contributed by atoms with Crippen molar-refractivity contribution in [3.63, 3.8) is 0 Å². The van der Waals surface area contributed by atoms with E-state index >= 15 is 0 Å². The molecule has 1 amide bonds. The van der Waals surface area contributed by atoms with Gasteiger partial charge in [-0.1, -0.05) is 19.9 Å². The smallest absolute Gasteiger partial charge is 0.326 e. The highest BCUT2D eigenvalue weighted by Gasteiger charge is 2.20. The minimum atomic E-state index is -1.03. The molecular weight excluding hydrogens is 289 g/mol. The summed E-state index contributed by atoms with van der Waals surface area (Å²) in [5.41, 5.74) is 0. The van der Waals surface area contributed by atoms with Gasteiger partial charge in [0, 0.05) is 12.5 Å². The highest BCUT2D eigenvalue weighted by Crippen LogP contribution is 2.12. The molecule has 0 unspecified atom stereocenters. The van der Waals surface area contributed by atoms with E-state index in [1.165, 1.54) is 12.1 Å². The number of nitrogens with one attached hydrogen (secondary N) is 1. The largest absolute Gasteiger partial charge is 0.493 e. The van der Waals surface area contributed by atoms with Crippen molar-refractivity contribution in [1.29, 1.82) is 0 Å². The van der Waals surface area contributed by atoms with Crippen molar-refractivity contribution in [2.24, 2.45) is 5.92 Å². The van der Waals surface area contributed by atoms with E-state index in [2.05, 4.69) is 5.32 Å². The monoisotopic (exact) mass is 311 g/mol. The number of hydrogen-bond donors (Lipinski definition) is 2. The maximum atomic E-state index is 12.9. The zero-order valence-corrected chi connectivity index (χ0v) is 12.8. The molecule has 0 aliphatic rings. The molecule has 0 radical (unpaired) electrons. The van der Waals surface area contributed by atoms with Gasteiger partial charge in [0.05, 0.1) is 6.61 Å². The zero-order valence-electron chi connectivity index (χ0n) is 12.8. The Balaban J connectivity index is 2.29. The number of ether oxygens (including phenoxy) is 1. The second kappa shape index (κ2) is 9.02. The molecule has 1 atom stereocenters. The summed E-state index contributed by atoms with van der Waals surface area (Å²) >= 11 is 0. The number of halogens is 1. The van der Waals surface area contributed by atoms with Gasteiger partial charge < -0.3 is 15.2 Å². The van der Waals surface area contributed by atoms with Crippen LogP contribution in [0.5, 0.6) is 5.75 Å². The topological polar surface area (TPSA) is 75.6 Å². The summed E-state index contributed by atoms with van der Waals surface area (Å²) in [5.74, 6) is -1.15. The molecule has 0 aliphatic heterocycles. The predicted octanol–water partition coefficient (Wildman–Crippen LogP) is 2.60. The number of aliphatic carboxylic acids is 1. The molecule has 1 rings (SSSR count). The Labute approximate surface area is 129 Å². The van der Waals surface area contributed by atoms with Gasteiger partial charge in [0.1, 0.15) is 17.6 Å². The Morgan fingerprint density at radius 3 is 2.68 bits per heavy atom. The fraction of sp³-hybridized carbons (Fsp3) is 0.500. The SMILES string of the molecule is CC(C)C[C@H](NC(=O)CCCOc1cccc(F)c1)C(=O)O. The van der Waals surface area contributed by atoms with Gasteiger partial charge in [-0.3, -0.25) is 4.79 Å². The molecule has 0 saturated heterocycles. The molecule has 0 fully saturated rings. The van der Waals surface area contributed by atoms with Crippen LogP contribution in [0.25, 0.3) is 0 Å². The van der Waals surface area contributed by atoms with E-state index in [4.69, 9.17) is 9.84 Å². The van der Waals surface area contributed by atoms with E-state index in [1.807, 2.05) is 13.8 Å². The van der Waals surface area contributed by atoms with Gasteiger partial charge in [0.25, 0.3) is 0 Å². The molecule has 6 heteroatoms. The third kappa shape index (κ3) is 7.06. The molecule has 0 saturated carbocycles. The first-order chi connectivity index (χ1) is 10.4. The lowest BCUT2D eigenvalue weighted by Crippen LogP contribution is -2.41. The van der Waals surface area contributed by atoms with Crippen molar-refractivity contribution in [2.75, 3.05) is 6.61 Å². The first-order valence-corrected chi connectivity index (χ1v) is 7.29. The van der Waals surface area contributed by atoms with Crippen molar-refractivity contribution in [3.8, 4) is 5.75 Å². The van der Waals surface area contributed by atoms with E-state index in [9.17, 15) is 14.0 Å². The minimum Gasteiger partial charge on any atom is -0.493 e. The molecule has 1 aromatic rings. The highest BCUT2D eigenvalue weighted by atomic mass is 19.1. The van der Waals surface area contributed by atoms with Crippen LogP contribution in [0.3, 0.4) is 0 Å². The Morgan fingerprint density at radius 2 is 2.09 bits per heavy atom. The third-order valence-corrected chi connectivity index (χ3v) is 2.95. The van der Waals surface area contributed by atoms with E-state index in [0.717, 1.165) is 0 Å². The number of amides is 1. The first kappa shape index (κ1) is 17.9. The van der Waals surface area contributed by atoms with Crippen LogP contribution in [-0.2, 0) is 9.59 Å². The Morgan fingerprint density at radius 1 is 1.36 bits per heavy atom. The van der Waals surface area contributed by atoms with Gasteiger partial charge in [-0.15, -0.1) is 0 Å². The molecule has 22 heavy (non-hydrogen) atoms. The van der Waals surface area contributed by atoms with Crippen LogP contribution in [-0.4, -0.2) is 29.6 Å². The summed E-state index contributed by atoms with van der Waals surface area (Å²) in [4.78, 5) is 22.8. The lowest BCUT2D eigenvalue weighted by Gasteiger charge is -2.16. The Kier molecular flexibility index (Phi) is 7.36. The van der Waals surface area contributed by atoms with E-state index in [-0.39, 0.29) is 30.7 Å². The maximum Gasteiger partial charge on any atom is 0.326 e. The Bertz CT molecular complexity index is 505. The van der Waals surface area contributed by atoms with Gasteiger partial charge in [-0.2, -0.15) is 0 Å². The van der Waals surface area contributed by atoms with Crippen LogP contribution in [0, 0.1) is 11.7 Å². The highest BCUT2D eigenvalue weighted by molar-refractivity contribution is 5.83. The zero-order chi connectivity index (χ0) is 16.5. The van der Waals surface area contributed by atoms with Gasteiger partial charge in [0.15, 0.2) is 0 Å². The number of benzene rings is 1. The van der Waals surface area contributed by atoms with Gasteiger partial charge in [-0.05, 0) is 30.9 Å². The quantitative estimate of drug-likeness (QED) is 0.687. The van der Waals surface area contributed by atoms with E-state index in [0.29, 0.717) is 18.6 Å². The summed E-state index contributed by atoms with van der Waals surface area (Å²) < 4.78 is 18.2. The maximum absolute atomic E-state index is 12.9. The summed E-state index contributed by atoms with van der Waals surface area (Å²) in [6.07, 6.45) is 0.981. The lowest BCUT2D eigenvalue weighted by atomic mass is 10.0. The molecular formula is C16H22FNO4. The molecule has 0 aromatic heterocycles. The molecule has 122 valence electrons. The summed E-state index contributed by atoms with van der Waals surface area (Å²) in [5, 5.41) is 11.5. The first-order valence-electron chi connectivity index (χ1n) is 7.29. The molecule has 0 spiro atoms. The second-order valence-electron chi connectivity index (χ2n) is 5.50. The lowest BCUT2D eigenvalue weighted by molar-refractivity contribution is -0.142. The third-order valence-electron chi connectivity index (χ3n) is 2.95. The van der Waals surface area contributed by atoms with E-state index in [1.54, 1.807) is 12.1 Å². The van der Waals surface area contributed by atoms with Crippen LogP contribution in [0.15, 0.2) is 24.3 Å². The number of carbonyl (C=O) groups excluding carboxylic acids is 1. The molecule has 0 heterocycles. The number of carboxylic acids is 1. The molecule has 5 nitrogen and oxygen atoms in total. The average Bonchev–Trinajstić information content (AvgIpc) is 2.42. The second-order valence-corrected chi connectivity index (χ2v) is 5.50. The molecule has 1 aromatic carbocycles. The standard InChI is InChI=1S/C16H22FNO4/c1-11(2)9-14(16(20)21)18-15(19)7-4-8-22-13-6-3-5-12(17)10-13/h3,5-6,10-11,14H,4,7-9H2,1-2H3,(H,18,19)(H,20,21)/t14-/m0/s1. The molecule has 2 N–H and O–H groups in total. The predicted molar refractivity (Wildman–Crippen MR) is 80.2 cm³/mol. The fourth-order valence-electron chi connectivity index (χ4n) is 1.94. The summed E-state index contributed by atoms with van der Waals surface area (Å²) in [6.45, 7) is 4.06. The van der Waals surface area contributed by atoms with Crippen molar-refractivity contribution in [3.05, 3.63) is 30.1 Å². The number of carbonyl (C=O) groups is 2. The van der Waals surface area contributed by atoms with Crippen LogP contribution < -0.4 is 10.1 Å².